The minimum atomic E-state index is 0.113. The van der Waals surface area contributed by atoms with Gasteiger partial charge in [-0.1, -0.05) is 6.42 Å². The number of anilines is 3. The number of fused-ring (bicyclic) bond motifs is 1. The zero-order valence-corrected chi connectivity index (χ0v) is 16.8. The van der Waals surface area contributed by atoms with Crippen LogP contribution in [0.1, 0.15) is 24.8 Å². The third-order valence-electron chi connectivity index (χ3n) is 5.46. The Morgan fingerprint density at radius 2 is 2.07 bits per heavy atom. The van der Waals surface area contributed by atoms with E-state index >= 15 is 0 Å². The molecule has 1 aliphatic rings. The van der Waals surface area contributed by atoms with Gasteiger partial charge in [0, 0.05) is 36.1 Å². The number of carbonyl (C=O) groups is 1. The van der Waals surface area contributed by atoms with E-state index in [1.54, 1.807) is 27.8 Å². The Bertz CT molecular complexity index is 1240. The summed E-state index contributed by atoms with van der Waals surface area (Å²) in [6.45, 7) is 1.98. The Morgan fingerprint density at radius 3 is 2.77 bits per heavy atom. The van der Waals surface area contributed by atoms with Gasteiger partial charge in [0.25, 0.3) is 0 Å². The molecule has 1 aliphatic carbocycles. The van der Waals surface area contributed by atoms with E-state index in [-0.39, 0.29) is 11.8 Å². The normalized spacial score (nSPS) is 13.9. The third kappa shape index (κ3) is 3.38. The molecule has 1 fully saturated rings. The molecule has 9 heteroatoms. The molecule has 2 N–H and O–H groups in total. The molecule has 0 unspecified atom stereocenters. The SMILES string of the molecule is Cc1cc(Nc2nc3cncc(-c4cnn(C)c4)n3n2)ccc1NC(=O)C1CCC1. The van der Waals surface area contributed by atoms with Gasteiger partial charge in [-0.05, 0) is 43.5 Å². The summed E-state index contributed by atoms with van der Waals surface area (Å²) in [6.07, 6.45) is 10.2. The first kappa shape index (κ1) is 18.3. The van der Waals surface area contributed by atoms with Gasteiger partial charge in [-0.15, -0.1) is 5.10 Å². The lowest BCUT2D eigenvalue weighted by molar-refractivity contribution is -0.122. The molecule has 1 aromatic carbocycles. The highest BCUT2D eigenvalue weighted by atomic mass is 16.1. The maximum atomic E-state index is 12.2. The van der Waals surface area contributed by atoms with Crippen LogP contribution in [-0.2, 0) is 11.8 Å². The lowest BCUT2D eigenvalue weighted by atomic mass is 9.85. The zero-order valence-electron chi connectivity index (χ0n) is 16.8. The van der Waals surface area contributed by atoms with Crippen molar-refractivity contribution in [1.82, 2.24) is 29.4 Å². The molecule has 0 spiro atoms. The van der Waals surface area contributed by atoms with Crippen molar-refractivity contribution in [3.05, 3.63) is 48.5 Å². The van der Waals surface area contributed by atoms with E-state index in [0.717, 1.165) is 47.5 Å². The van der Waals surface area contributed by atoms with Crippen LogP contribution in [0, 0.1) is 12.8 Å². The van der Waals surface area contributed by atoms with Crippen LogP contribution >= 0.6 is 0 Å². The van der Waals surface area contributed by atoms with Gasteiger partial charge in [0.1, 0.15) is 0 Å². The van der Waals surface area contributed by atoms with Crippen LogP contribution in [0.15, 0.2) is 43.0 Å². The summed E-state index contributed by atoms with van der Waals surface area (Å²) < 4.78 is 3.48. The Labute approximate surface area is 173 Å². The predicted octanol–water partition coefficient (Wildman–Crippen LogP) is 3.32. The first-order valence-electron chi connectivity index (χ1n) is 9.95. The standard InChI is InChI=1S/C21H22N8O/c1-13-8-16(6-7-17(13)25-20(30)14-4-3-5-14)24-21-26-19-11-22-10-18(29(19)27-21)15-9-23-28(2)12-15/h6-12,14H,3-5H2,1-2H3,(H,24,27)(H,25,30). The minimum absolute atomic E-state index is 0.113. The maximum absolute atomic E-state index is 12.2. The molecule has 0 aliphatic heterocycles. The van der Waals surface area contributed by atoms with Gasteiger partial charge >= 0.3 is 0 Å². The van der Waals surface area contributed by atoms with Crippen LogP contribution in [0.4, 0.5) is 17.3 Å². The number of carbonyl (C=O) groups excluding carboxylic acids is 1. The number of hydrogen-bond acceptors (Lipinski definition) is 6. The van der Waals surface area contributed by atoms with E-state index in [9.17, 15) is 4.79 Å². The van der Waals surface area contributed by atoms with Gasteiger partial charge < -0.3 is 10.6 Å². The van der Waals surface area contributed by atoms with Crippen molar-refractivity contribution in [2.24, 2.45) is 13.0 Å². The summed E-state index contributed by atoms with van der Waals surface area (Å²) in [5.41, 5.74) is 5.03. The monoisotopic (exact) mass is 402 g/mol. The molecule has 0 atom stereocenters. The molecule has 1 amide bonds. The molecule has 1 saturated carbocycles. The van der Waals surface area contributed by atoms with Crippen molar-refractivity contribution in [2.75, 3.05) is 10.6 Å². The third-order valence-corrected chi connectivity index (χ3v) is 5.46. The number of rotatable bonds is 5. The minimum Gasteiger partial charge on any atom is -0.326 e. The maximum Gasteiger partial charge on any atom is 0.247 e. The topological polar surface area (TPSA) is 102 Å². The number of hydrogen-bond donors (Lipinski definition) is 2. The molecule has 152 valence electrons. The number of benzene rings is 1. The molecule has 9 nitrogen and oxygen atoms in total. The van der Waals surface area contributed by atoms with Crippen molar-refractivity contribution in [1.29, 1.82) is 0 Å². The van der Waals surface area contributed by atoms with Crippen LogP contribution in [0.2, 0.25) is 0 Å². The van der Waals surface area contributed by atoms with Crippen LogP contribution < -0.4 is 10.6 Å². The lowest BCUT2D eigenvalue weighted by Crippen LogP contribution is -2.28. The van der Waals surface area contributed by atoms with Gasteiger partial charge in [-0.2, -0.15) is 10.1 Å². The van der Waals surface area contributed by atoms with Crippen LogP contribution in [0.5, 0.6) is 0 Å². The molecule has 3 heterocycles. The summed E-state index contributed by atoms with van der Waals surface area (Å²) >= 11 is 0. The predicted molar refractivity (Wildman–Crippen MR) is 113 cm³/mol. The van der Waals surface area contributed by atoms with E-state index in [2.05, 4.69) is 30.8 Å². The van der Waals surface area contributed by atoms with E-state index in [4.69, 9.17) is 0 Å². The molecule has 30 heavy (non-hydrogen) atoms. The van der Waals surface area contributed by atoms with Crippen molar-refractivity contribution >= 4 is 28.9 Å². The Balaban J connectivity index is 1.38. The van der Waals surface area contributed by atoms with E-state index < -0.39 is 0 Å². The fraction of sp³-hybridized carbons (Fsp3) is 0.286. The first-order chi connectivity index (χ1) is 14.6. The fourth-order valence-corrected chi connectivity index (χ4v) is 3.53. The van der Waals surface area contributed by atoms with Crippen LogP contribution in [0.25, 0.3) is 16.9 Å². The molecule has 0 radical (unpaired) electrons. The zero-order chi connectivity index (χ0) is 20.7. The fourth-order valence-electron chi connectivity index (χ4n) is 3.53. The quantitative estimate of drug-likeness (QED) is 0.531. The van der Waals surface area contributed by atoms with Gasteiger partial charge in [0.05, 0.1) is 24.3 Å². The van der Waals surface area contributed by atoms with E-state index in [1.165, 1.54) is 0 Å². The molecule has 5 rings (SSSR count). The number of nitrogens with one attached hydrogen (secondary N) is 2. The molecular weight excluding hydrogens is 380 g/mol. The van der Waals surface area contributed by atoms with Gasteiger partial charge in [-0.25, -0.2) is 4.52 Å². The van der Waals surface area contributed by atoms with Crippen molar-refractivity contribution < 1.29 is 4.79 Å². The smallest absolute Gasteiger partial charge is 0.247 e. The second kappa shape index (κ2) is 7.25. The molecule has 3 aromatic heterocycles. The summed E-state index contributed by atoms with van der Waals surface area (Å²) in [6, 6.07) is 5.80. The van der Waals surface area contributed by atoms with Crippen molar-refractivity contribution in [2.45, 2.75) is 26.2 Å². The number of aromatic nitrogens is 6. The Hall–Kier alpha value is -3.75. The highest BCUT2D eigenvalue weighted by Crippen LogP contribution is 2.29. The average molecular weight is 402 g/mol. The summed E-state index contributed by atoms with van der Waals surface area (Å²) in [5, 5.41) is 15.1. The van der Waals surface area contributed by atoms with Crippen molar-refractivity contribution in [3.8, 4) is 11.3 Å². The number of amides is 1. The Morgan fingerprint density at radius 1 is 1.20 bits per heavy atom. The molecular formula is C21H22N8O. The largest absolute Gasteiger partial charge is 0.326 e. The number of aryl methyl sites for hydroxylation is 2. The highest BCUT2D eigenvalue weighted by Gasteiger charge is 2.25. The molecule has 0 bridgehead atoms. The summed E-state index contributed by atoms with van der Waals surface area (Å²) in [4.78, 5) is 21.0. The van der Waals surface area contributed by atoms with Crippen molar-refractivity contribution in [3.63, 3.8) is 0 Å². The second-order valence-corrected chi connectivity index (χ2v) is 7.67. The average Bonchev–Trinajstić information content (AvgIpc) is 3.28. The second-order valence-electron chi connectivity index (χ2n) is 7.67. The summed E-state index contributed by atoms with van der Waals surface area (Å²) in [7, 11) is 1.87. The number of nitrogens with zero attached hydrogens (tertiary/aromatic N) is 6. The molecule has 0 saturated heterocycles. The van der Waals surface area contributed by atoms with Crippen LogP contribution in [-0.4, -0.2) is 35.3 Å². The van der Waals surface area contributed by atoms with Gasteiger partial charge in [0.15, 0.2) is 5.65 Å². The summed E-state index contributed by atoms with van der Waals surface area (Å²) in [5.74, 6) is 0.744. The highest BCUT2D eigenvalue weighted by molar-refractivity contribution is 5.94. The first-order valence-corrected chi connectivity index (χ1v) is 9.95. The van der Waals surface area contributed by atoms with Gasteiger partial charge in [-0.3, -0.25) is 14.5 Å². The van der Waals surface area contributed by atoms with Gasteiger partial charge in [0.2, 0.25) is 11.9 Å². The molecule has 4 aromatic rings. The van der Waals surface area contributed by atoms with Crippen LogP contribution in [0.3, 0.4) is 0 Å². The van der Waals surface area contributed by atoms with E-state index in [0.29, 0.717) is 11.6 Å². The Kier molecular flexibility index (Phi) is 4.42. The van der Waals surface area contributed by atoms with E-state index in [1.807, 2.05) is 38.4 Å². The lowest BCUT2D eigenvalue weighted by Gasteiger charge is -2.24.